The number of rotatable bonds is 6. The lowest BCUT2D eigenvalue weighted by molar-refractivity contribution is -0.131. The van der Waals surface area contributed by atoms with Crippen molar-refractivity contribution >= 4 is 50.5 Å². The molecule has 22 heavy (non-hydrogen) atoms. The van der Waals surface area contributed by atoms with Crippen LogP contribution in [0.2, 0.25) is 8.67 Å². The van der Waals surface area contributed by atoms with Crippen LogP contribution in [0.15, 0.2) is 11.0 Å². The monoisotopic (exact) mass is 387 g/mol. The standard InChI is InChI=1S/C12H15Cl2NO5S2/c1-7(20-6-8-3-2-4-19-8)12(16)15-22(17,18)9-5-10(13)21-11(9)14/h5,7-8H,2-4,6H2,1H3,(H,15,16)/t7-,8+/m0/s1. The van der Waals surface area contributed by atoms with Gasteiger partial charge in [0.25, 0.3) is 15.9 Å². The van der Waals surface area contributed by atoms with Crippen LogP contribution in [0.4, 0.5) is 0 Å². The van der Waals surface area contributed by atoms with E-state index in [9.17, 15) is 13.2 Å². The Morgan fingerprint density at radius 3 is 2.86 bits per heavy atom. The van der Waals surface area contributed by atoms with Gasteiger partial charge in [-0.05, 0) is 25.8 Å². The molecule has 6 nitrogen and oxygen atoms in total. The number of thiophene rings is 1. The molecule has 0 spiro atoms. The van der Waals surface area contributed by atoms with E-state index in [-0.39, 0.29) is 26.3 Å². The predicted octanol–water partition coefficient (Wildman–Crippen LogP) is 2.44. The SMILES string of the molecule is C[C@H](OC[C@H]1CCCO1)C(=O)NS(=O)(=O)c1cc(Cl)sc1Cl. The summed E-state index contributed by atoms with van der Waals surface area (Å²) >= 11 is 12.4. The van der Waals surface area contributed by atoms with Crippen molar-refractivity contribution in [2.75, 3.05) is 13.2 Å². The molecule has 0 bridgehead atoms. The van der Waals surface area contributed by atoms with Crippen LogP contribution in [0.1, 0.15) is 19.8 Å². The maximum absolute atomic E-state index is 12.1. The minimum absolute atomic E-state index is 0.00164. The first-order valence-electron chi connectivity index (χ1n) is 6.54. The lowest BCUT2D eigenvalue weighted by Gasteiger charge is -2.16. The molecule has 1 aromatic rings. The van der Waals surface area contributed by atoms with Gasteiger partial charge in [-0.1, -0.05) is 23.2 Å². The van der Waals surface area contributed by atoms with Crippen molar-refractivity contribution in [1.82, 2.24) is 4.72 Å². The molecule has 10 heteroatoms. The van der Waals surface area contributed by atoms with E-state index in [1.54, 1.807) is 0 Å². The Bertz CT molecular complexity index is 640. The third kappa shape index (κ3) is 4.56. The summed E-state index contributed by atoms with van der Waals surface area (Å²) in [4.78, 5) is 11.7. The lowest BCUT2D eigenvalue weighted by Crippen LogP contribution is -2.39. The zero-order valence-corrected chi connectivity index (χ0v) is 14.8. The van der Waals surface area contributed by atoms with Gasteiger partial charge in [-0.25, -0.2) is 13.1 Å². The topological polar surface area (TPSA) is 81.7 Å². The van der Waals surface area contributed by atoms with Crippen LogP contribution < -0.4 is 4.72 Å². The summed E-state index contributed by atoms with van der Waals surface area (Å²) in [6, 6.07) is 1.20. The zero-order valence-electron chi connectivity index (χ0n) is 11.7. The van der Waals surface area contributed by atoms with Gasteiger partial charge in [0, 0.05) is 6.61 Å². The van der Waals surface area contributed by atoms with Crippen molar-refractivity contribution in [3.63, 3.8) is 0 Å². The normalized spacial score (nSPS) is 20.0. The molecule has 1 saturated heterocycles. The maximum Gasteiger partial charge on any atom is 0.266 e. The van der Waals surface area contributed by atoms with Crippen LogP contribution in [-0.2, 0) is 24.3 Å². The summed E-state index contributed by atoms with van der Waals surface area (Å²) in [5.41, 5.74) is 0. The molecule has 1 amide bonds. The number of hydrogen-bond acceptors (Lipinski definition) is 6. The summed E-state index contributed by atoms with van der Waals surface area (Å²) in [6.45, 7) is 2.40. The largest absolute Gasteiger partial charge is 0.376 e. The number of ether oxygens (including phenoxy) is 2. The first-order chi connectivity index (χ1) is 10.3. The Morgan fingerprint density at radius 2 is 2.32 bits per heavy atom. The van der Waals surface area contributed by atoms with Gasteiger partial charge in [0.2, 0.25) is 0 Å². The fraction of sp³-hybridized carbons (Fsp3) is 0.583. The first kappa shape index (κ1) is 18.0. The fourth-order valence-corrected chi connectivity index (χ4v) is 5.08. The van der Waals surface area contributed by atoms with E-state index in [4.69, 9.17) is 32.7 Å². The number of amides is 1. The molecule has 1 aliphatic rings. The van der Waals surface area contributed by atoms with E-state index in [0.29, 0.717) is 6.61 Å². The molecular formula is C12H15Cl2NO5S2. The highest BCUT2D eigenvalue weighted by atomic mass is 35.5. The van der Waals surface area contributed by atoms with Gasteiger partial charge in [0.1, 0.15) is 15.3 Å². The average Bonchev–Trinajstić information content (AvgIpc) is 3.05. The number of sulfonamides is 1. The van der Waals surface area contributed by atoms with Crippen LogP contribution in [0.3, 0.4) is 0 Å². The molecular weight excluding hydrogens is 373 g/mol. The third-order valence-electron chi connectivity index (χ3n) is 3.08. The van der Waals surface area contributed by atoms with Crippen molar-refractivity contribution < 1.29 is 22.7 Å². The van der Waals surface area contributed by atoms with Gasteiger partial charge < -0.3 is 9.47 Å². The predicted molar refractivity (Wildman–Crippen MR) is 84.1 cm³/mol. The van der Waals surface area contributed by atoms with Gasteiger partial charge in [-0.15, -0.1) is 11.3 Å². The minimum Gasteiger partial charge on any atom is -0.376 e. The van der Waals surface area contributed by atoms with Crippen LogP contribution in [0, 0.1) is 0 Å². The number of halogens is 2. The van der Waals surface area contributed by atoms with Crippen LogP contribution in [0.25, 0.3) is 0 Å². The minimum atomic E-state index is -4.07. The average molecular weight is 388 g/mol. The molecule has 0 radical (unpaired) electrons. The Hall–Kier alpha value is -0.380. The smallest absolute Gasteiger partial charge is 0.266 e. The molecule has 2 atom stereocenters. The molecule has 1 N–H and O–H groups in total. The molecule has 0 aromatic carbocycles. The van der Waals surface area contributed by atoms with Crippen molar-refractivity contribution in [3.05, 3.63) is 14.7 Å². The van der Waals surface area contributed by atoms with Crippen molar-refractivity contribution in [3.8, 4) is 0 Å². The van der Waals surface area contributed by atoms with Gasteiger partial charge in [-0.2, -0.15) is 0 Å². The van der Waals surface area contributed by atoms with Gasteiger partial charge >= 0.3 is 0 Å². The highest BCUT2D eigenvalue weighted by Gasteiger charge is 2.27. The molecule has 0 unspecified atom stereocenters. The number of hydrogen-bond donors (Lipinski definition) is 1. The lowest BCUT2D eigenvalue weighted by atomic mass is 10.2. The van der Waals surface area contributed by atoms with E-state index in [1.165, 1.54) is 13.0 Å². The van der Waals surface area contributed by atoms with Gasteiger partial charge in [0.05, 0.1) is 17.0 Å². The van der Waals surface area contributed by atoms with E-state index in [0.717, 1.165) is 24.2 Å². The van der Waals surface area contributed by atoms with E-state index in [2.05, 4.69) is 0 Å². The van der Waals surface area contributed by atoms with Gasteiger partial charge in [0.15, 0.2) is 0 Å². The highest BCUT2D eigenvalue weighted by molar-refractivity contribution is 7.90. The number of carbonyl (C=O) groups is 1. The number of nitrogens with one attached hydrogen (secondary N) is 1. The summed E-state index contributed by atoms with van der Waals surface area (Å²) < 4.78 is 37.1. The fourth-order valence-electron chi connectivity index (χ4n) is 1.88. The Kier molecular flexibility index (Phi) is 6.09. The van der Waals surface area contributed by atoms with Crippen molar-refractivity contribution in [2.45, 2.75) is 36.9 Å². The molecule has 124 valence electrons. The van der Waals surface area contributed by atoms with Crippen molar-refractivity contribution in [2.24, 2.45) is 0 Å². The highest BCUT2D eigenvalue weighted by Crippen LogP contribution is 2.34. The van der Waals surface area contributed by atoms with Crippen LogP contribution in [-0.4, -0.2) is 39.7 Å². The van der Waals surface area contributed by atoms with Gasteiger partial charge in [-0.3, -0.25) is 4.79 Å². The third-order valence-corrected chi connectivity index (χ3v) is 6.17. The second-order valence-electron chi connectivity index (χ2n) is 4.77. The maximum atomic E-state index is 12.1. The Morgan fingerprint density at radius 1 is 1.59 bits per heavy atom. The second kappa shape index (κ2) is 7.46. The number of carbonyl (C=O) groups excluding carboxylic acids is 1. The van der Waals surface area contributed by atoms with E-state index >= 15 is 0 Å². The second-order valence-corrected chi connectivity index (χ2v) is 8.71. The van der Waals surface area contributed by atoms with Crippen LogP contribution in [0.5, 0.6) is 0 Å². The molecule has 1 aliphatic heterocycles. The zero-order chi connectivity index (χ0) is 16.3. The van der Waals surface area contributed by atoms with E-state index < -0.39 is 22.0 Å². The molecule has 2 rings (SSSR count). The molecule has 0 aliphatic carbocycles. The summed E-state index contributed by atoms with van der Waals surface area (Å²) in [5, 5.41) is 0. The molecule has 1 aromatic heterocycles. The van der Waals surface area contributed by atoms with Crippen LogP contribution >= 0.6 is 34.5 Å². The quantitative estimate of drug-likeness (QED) is 0.810. The molecule has 1 fully saturated rings. The summed E-state index contributed by atoms with van der Waals surface area (Å²) in [7, 11) is -4.07. The molecule has 0 saturated carbocycles. The van der Waals surface area contributed by atoms with E-state index in [1.807, 2.05) is 4.72 Å². The summed E-state index contributed by atoms with van der Waals surface area (Å²) in [5.74, 6) is -0.767. The summed E-state index contributed by atoms with van der Waals surface area (Å²) in [6.07, 6.45) is 0.861. The van der Waals surface area contributed by atoms with Crippen molar-refractivity contribution in [1.29, 1.82) is 0 Å². The first-order valence-corrected chi connectivity index (χ1v) is 9.60. The Balaban J connectivity index is 1.93. The Labute approximate surface area is 142 Å². The molecule has 2 heterocycles.